The van der Waals surface area contributed by atoms with Crippen molar-refractivity contribution in [2.45, 2.75) is 51.7 Å². The van der Waals surface area contributed by atoms with Crippen LogP contribution in [0, 0.1) is 11.8 Å². The van der Waals surface area contributed by atoms with Crippen molar-refractivity contribution in [3.63, 3.8) is 0 Å². The summed E-state index contributed by atoms with van der Waals surface area (Å²) >= 11 is 0. The second-order valence-corrected chi connectivity index (χ2v) is 6.92. The lowest BCUT2D eigenvalue weighted by molar-refractivity contribution is -0.151. The fourth-order valence-corrected chi connectivity index (χ4v) is 3.27. The predicted octanol–water partition coefficient (Wildman–Crippen LogP) is 2.34. The van der Waals surface area contributed by atoms with Crippen LogP contribution in [0.5, 0.6) is 0 Å². The van der Waals surface area contributed by atoms with E-state index in [2.05, 4.69) is 19.2 Å². The van der Waals surface area contributed by atoms with E-state index in [0.717, 1.165) is 18.4 Å². The third-order valence-electron chi connectivity index (χ3n) is 4.47. The van der Waals surface area contributed by atoms with Gasteiger partial charge in [-0.05, 0) is 36.7 Å². The van der Waals surface area contributed by atoms with Crippen molar-refractivity contribution in [3.05, 3.63) is 35.9 Å². The number of hydrogen-bond donors (Lipinski definition) is 1. The second-order valence-electron chi connectivity index (χ2n) is 6.92. The van der Waals surface area contributed by atoms with Gasteiger partial charge in [-0.2, -0.15) is 0 Å². The van der Waals surface area contributed by atoms with E-state index in [1.807, 2.05) is 35.2 Å². The molecular formula is C18H24N2O2. The van der Waals surface area contributed by atoms with Gasteiger partial charge in [-0.15, -0.1) is 0 Å². The van der Waals surface area contributed by atoms with Crippen LogP contribution in [0.15, 0.2) is 30.3 Å². The molecule has 1 N–H and O–H groups in total. The first-order valence-electron chi connectivity index (χ1n) is 8.21. The van der Waals surface area contributed by atoms with Crippen LogP contribution >= 0.6 is 0 Å². The molecule has 0 spiro atoms. The van der Waals surface area contributed by atoms with Gasteiger partial charge in [-0.3, -0.25) is 9.59 Å². The number of nitrogens with one attached hydrogen (secondary N) is 1. The standard InChI is InChI=1S/C18H24N2O2/c1-12(2)10-15-18(22)20(11-13-6-4-3-5-7-13)16(14-8-9-14)17(21)19-15/h3-7,12,14-16H,8-11H2,1-2H3,(H,19,21). The normalized spacial score (nSPS) is 25.5. The van der Waals surface area contributed by atoms with Crippen LogP contribution in [0.1, 0.15) is 38.7 Å². The van der Waals surface area contributed by atoms with Crippen LogP contribution in [-0.2, 0) is 16.1 Å². The van der Waals surface area contributed by atoms with Crippen LogP contribution in [0.2, 0.25) is 0 Å². The quantitative estimate of drug-likeness (QED) is 0.907. The van der Waals surface area contributed by atoms with Crippen molar-refractivity contribution in [2.75, 3.05) is 0 Å². The first-order valence-corrected chi connectivity index (χ1v) is 8.21. The molecule has 1 saturated carbocycles. The SMILES string of the molecule is CC(C)CC1NC(=O)C(C2CC2)N(Cc2ccccc2)C1=O. The molecule has 2 aliphatic rings. The monoisotopic (exact) mass is 300 g/mol. The molecule has 1 saturated heterocycles. The lowest BCUT2D eigenvalue weighted by Gasteiger charge is -2.39. The molecule has 2 fully saturated rings. The van der Waals surface area contributed by atoms with Gasteiger partial charge in [0.1, 0.15) is 12.1 Å². The van der Waals surface area contributed by atoms with E-state index < -0.39 is 0 Å². The second kappa shape index (κ2) is 6.11. The zero-order valence-electron chi connectivity index (χ0n) is 13.3. The molecule has 3 rings (SSSR count). The number of nitrogens with zero attached hydrogens (tertiary/aromatic N) is 1. The summed E-state index contributed by atoms with van der Waals surface area (Å²) < 4.78 is 0. The average Bonchev–Trinajstić information content (AvgIpc) is 3.29. The van der Waals surface area contributed by atoms with E-state index in [-0.39, 0.29) is 23.9 Å². The van der Waals surface area contributed by atoms with Gasteiger partial charge in [0, 0.05) is 6.54 Å². The van der Waals surface area contributed by atoms with E-state index in [0.29, 0.717) is 24.8 Å². The lowest BCUT2D eigenvalue weighted by Crippen LogP contribution is -2.63. The lowest BCUT2D eigenvalue weighted by atomic mass is 9.96. The maximum absolute atomic E-state index is 12.9. The molecule has 1 aromatic rings. The topological polar surface area (TPSA) is 49.4 Å². The minimum atomic E-state index is -0.369. The fraction of sp³-hybridized carbons (Fsp3) is 0.556. The highest BCUT2D eigenvalue weighted by Crippen LogP contribution is 2.38. The number of carbonyl (C=O) groups is 2. The maximum Gasteiger partial charge on any atom is 0.246 e. The zero-order valence-corrected chi connectivity index (χ0v) is 13.3. The Hall–Kier alpha value is -1.84. The van der Waals surface area contributed by atoms with Crippen LogP contribution in [0.3, 0.4) is 0 Å². The van der Waals surface area contributed by atoms with Crippen molar-refractivity contribution >= 4 is 11.8 Å². The largest absolute Gasteiger partial charge is 0.342 e. The fourth-order valence-electron chi connectivity index (χ4n) is 3.27. The molecule has 0 radical (unpaired) electrons. The summed E-state index contributed by atoms with van der Waals surface area (Å²) in [6.07, 6.45) is 2.80. The molecule has 0 bridgehead atoms. The minimum absolute atomic E-state index is 0.0312. The average molecular weight is 300 g/mol. The minimum Gasteiger partial charge on any atom is -0.342 e. The Kier molecular flexibility index (Phi) is 4.19. The van der Waals surface area contributed by atoms with Crippen molar-refractivity contribution in [1.82, 2.24) is 10.2 Å². The van der Waals surface area contributed by atoms with E-state index in [4.69, 9.17) is 0 Å². The maximum atomic E-state index is 12.9. The summed E-state index contributed by atoms with van der Waals surface area (Å²) in [4.78, 5) is 27.2. The molecule has 1 aliphatic heterocycles. The summed E-state index contributed by atoms with van der Waals surface area (Å²) in [5, 5.41) is 2.95. The summed E-state index contributed by atoms with van der Waals surface area (Å²) in [5.41, 5.74) is 1.08. The number of amides is 2. The van der Waals surface area contributed by atoms with Crippen LogP contribution in [0.25, 0.3) is 0 Å². The molecular weight excluding hydrogens is 276 g/mol. The third kappa shape index (κ3) is 3.16. The molecule has 1 heterocycles. The number of benzene rings is 1. The summed E-state index contributed by atoms with van der Waals surface area (Å²) in [6.45, 7) is 4.69. The Labute approximate surface area is 131 Å². The van der Waals surface area contributed by atoms with Crippen LogP contribution in [-0.4, -0.2) is 28.8 Å². The van der Waals surface area contributed by atoms with Crippen LogP contribution < -0.4 is 5.32 Å². The highest BCUT2D eigenvalue weighted by molar-refractivity contribution is 5.97. The Morgan fingerprint density at radius 3 is 2.45 bits per heavy atom. The molecule has 4 nitrogen and oxygen atoms in total. The van der Waals surface area contributed by atoms with Gasteiger partial charge in [-0.1, -0.05) is 44.2 Å². The highest BCUT2D eigenvalue weighted by Gasteiger charge is 2.47. The number of rotatable bonds is 5. The first kappa shape index (κ1) is 15.1. The number of carbonyl (C=O) groups excluding carboxylic acids is 2. The van der Waals surface area contributed by atoms with Crippen molar-refractivity contribution in [3.8, 4) is 0 Å². The Morgan fingerprint density at radius 1 is 1.18 bits per heavy atom. The van der Waals surface area contributed by atoms with Gasteiger partial charge < -0.3 is 10.2 Å². The Bertz CT molecular complexity index is 551. The summed E-state index contributed by atoms with van der Waals surface area (Å²) in [6, 6.07) is 9.29. The third-order valence-corrected chi connectivity index (χ3v) is 4.47. The van der Waals surface area contributed by atoms with Gasteiger partial charge in [0.05, 0.1) is 0 Å². The molecule has 0 aromatic heterocycles. The van der Waals surface area contributed by atoms with Crippen LogP contribution in [0.4, 0.5) is 0 Å². The smallest absolute Gasteiger partial charge is 0.246 e. The molecule has 22 heavy (non-hydrogen) atoms. The van der Waals surface area contributed by atoms with Gasteiger partial charge in [0.25, 0.3) is 0 Å². The number of hydrogen-bond acceptors (Lipinski definition) is 2. The predicted molar refractivity (Wildman–Crippen MR) is 84.9 cm³/mol. The van der Waals surface area contributed by atoms with Gasteiger partial charge in [0.15, 0.2) is 0 Å². The zero-order chi connectivity index (χ0) is 15.7. The Morgan fingerprint density at radius 2 is 1.86 bits per heavy atom. The summed E-state index contributed by atoms with van der Waals surface area (Å²) in [5.74, 6) is 0.829. The molecule has 1 aromatic carbocycles. The van der Waals surface area contributed by atoms with E-state index in [1.165, 1.54) is 0 Å². The van der Waals surface area contributed by atoms with E-state index in [1.54, 1.807) is 0 Å². The molecule has 4 heteroatoms. The summed E-state index contributed by atoms with van der Waals surface area (Å²) in [7, 11) is 0. The van der Waals surface area contributed by atoms with E-state index >= 15 is 0 Å². The molecule has 2 amide bonds. The van der Waals surface area contributed by atoms with E-state index in [9.17, 15) is 9.59 Å². The molecule has 2 unspecified atom stereocenters. The van der Waals surface area contributed by atoms with Gasteiger partial charge in [-0.25, -0.2) is 0 Å². The highest BCUT2D eigenvalue weighted by atomic mass is 16.2. The molecule has 118 valence electrons. The number of piperazine rings is 1. The van der Waals surface area contributed by atoms with Crippen molar-refractivity contribution in [1.29, 1.82) is 0 Å². The van der Waals surface area contributed by atoms with Gasteiger partial charge >= 0.3 is 0 Å². The van der Waals surface area contributed by atoms with Gasteiger partial charge in [0.2, 0.25) is 11.8 Å². The van der Waals surface area contributed by atoms with Crippen molar-refractivity contribution < 1.29 is 9.59 Å². The molecule has 1 aliphatic carbocycles. The Balaban J connectivity index is 1.83. The first-order chi connectivity index (χ1) is 10.6. The molecule has 2 atom stereocenters. The van der Waals surface area contributed by atoms with Crippen molar-refractivity contribution in [2.24, 2.45) is 11.8 Å².